The molecule has 0 radical (unpaired) electrons. The van der Waals surface area contributed by atoms with Crippen LogP contribution in [0.15, 0.2) is 36.9 Å². The number of benzene rings is 2. The number of hydrogen-bond acceptors (Lipinski definition) is 5. The lowest BCUT2D eigenvalue weighted by Crippen LogP contribution is -2.15. The van der Waals surface area contributed by atoms with Crippen LogP contribution in [0.3, 0.4) is 0 Å². The molecule has 0 amide bonds. The second kappa shape index (κ2) is 9.42. The van der Waals surface area contributed by atoms with Gasteiger partial charge in [0.2, 0.25) is 0 Å². The monoisotopic (exact) mass is 370 g/mol. The third-order valence-corrected chi connectivity index (χ3v) is 4.71. The van der Waals surface area contributed by atoms with Crippen molar-refractivity contribution in [3.8, 4) is 11.5 Å². The first-order valence-electron chi connectivity index (χ1n) is 9.36. The van der Waals surface area contributed by atoms with Crippen LogP contribution in [0.5, 0.6) is 11.5 Å². The van der Waals surface area contributed by atoms with Gasteiger partial charge in [-0.2, -0.15) is 0 Å². The fraction of sp³-hybridized carbons (Fsp3) is 0.409. The summed E-state index contributed by atoms with van der Waals surface area (Å²) in [6.07, 6.45) is 5.36. The van der Waals surface area contributed by atoms with Gasteiger partial charge in [0.05, 0.1) is 6.61 Å². The van der Waals surface area contributed by atoms with E-state index in [9.17, 15) is 4.79 Å². The van der Waals surface area contributed by atoms with Crippen molar-refractivity contribution < 1.29 is 23.7 Å². The molecule has 2 aromatic carbocycles. The van der Waals surface area contributed by atoms with Gasteiger partial charge in [0.25, 0.3) is 0 Å². The van der Waals surface area contributed by atoms with Gasteiger partial charge in [-0.05, 0) is 25.7 Å². The molecule has 27 heavy (non-hydrogen) atoms. The second-order valence-electron chi connectivity index (χ2n) is 6.43. The highest BCUT2D eigenvalue weighted by Crippen LogP contribution is 2.44. The summed E-state index contributed by atoms with van der Waals surface area (Å²) in [7, 11) is 1.67. The molecule has 0 atom stereocenters. The molecule has 5 nitrogen and oxygen atoms in total. The van der Waals surface area contributed by atoms with Crippen LogP contribution in [0.25, 0.3) is 10.8 Å². The zero-order valence-electron chi connectivity index (χ0n) is 15.8. The van der Waals surface area contributed by atoms with Crippen LogP contribution in [0, 0.1) is 0 Å². The highest BCUT2D eigenvalue weighted by Gasteiger charge is 2.23. The molecular weight excluding hydrogens is 344 g/mol. The van der Waals surface area contributed by atoms with E-state index >= 15 is 0 Å². The van der Waals surface area contributed by atoms with Crippen molar-refractivity contribution in [2.24, 2.45) is 0 Å². The van der Waals surface area contributed by atoms with Crippen molar-refractivity contribution in [2.45, 2.75) is 25.7 Å². The molecule has 0 bridgehead atoms. The van der Waals surface area contributed by atoms with Gasteiger partial charge in [-0.15, -0.1) is 0 Å². The van der Waals surface area contributed by atoms with E-state index in [1.54, 1.807) is 7.11 Å². The van der Waals surface area contributed by atoms with Gasteiger partial charge >= 0.3 is 5.97 Å². The molecule has 3 rings (SSSR count). The SMILES string of the molecule is C=CC(=O)OCCOc1c2c(c(OCCOC)c3ccccc13)CCCC2. The Kier molecular flexibility index (Phi) is 6.71. The maximum Gasteiger partial charge on any atom is 0.330 e. The van der Waals surface area contributed by atoms with Crippen LogP contribution in [-0.2, 0) is 27.1 Å². The molecule has 0 aliphatic heterocycles. The van der Waals surface area contributed by atoms with Crippen molar-refractivity contribution in [3.63, 3.8) is 0 Å². The van der Waals surface area contributed by atoms with Gasteiger partial charge in [0.1, 0.15) is 31.3 Å². The first-order chi connectivity index (χ1) is 13.3. The quantitative estimate of drug-likeness (QED) is 0.381. The van der Waals surface area contributed by atoms with Crippen molar-refractivity contribution in [1.29, 1.82) is 0 Å². The van der Waals surface area contributed by atoms with E-state index in [2.05, 4.69) is 18.7 Å². The van der Waals surface area contributed by atoms with Crippen LogP contribution in [-0.4, -0.2) is 39.5 Å². The van der Waals surface area contributed by atoms with Crippen molar-refractivity contribution in [1.82, 2.24) is 0 Å². The zero-order valence-corrected chi connectivity index (χ0v) is 15.8. The number of rotatable bonds is 9. The Morgan fingerprint density at radius 3 is 2.04 bits per heavy atom. The molecule has 1 aliphatic carbocycles. The Morgan fingerprint density at radius 1 is 0.963 bits per heavy atom. The summed E-state index contributed by atoms with van der Waals surface area (Å²) < 4.78 is 22.4. The van der Waals surface area contributed by atoms with Gasteiger partial charge in [0.15, 0.2) is 0 Å². The zero-order chi connectivity index (χ0) is 19.1. The summed E-state index contributed by atoms with van der Waals surface area (Å²) in [6, 6.07) is 8.13. The number of carbonyl (C=O) groups excluding carboxylic acids is 1. The van der Waals surface area contributed by atoms with E-state index in [4.69, 9.17) is 18.9 Å². The highest BCUT2D eigenvalue weighted by molar-refractivity contribution is 5.96. The summed E-state index contributed by atoms with van der Waals surface area (Å²) in [6.45, 7) is 4.97. The largest absolute Gasteiger partial charge is 0.490 e. The van der Waals surface area contributed by atoms with Crippen LogP contribution in [0.2, 0.25) is 0 Å². The van der Waals surface area contributed by atoms with Gasteiger partial charge in [-0.25, -0.2) is 4.79 Å². The molecule has 1 aliphatic rings. The third kappa shape index (κ3) is 4.42. The fourth-order valence-electron chi connectivity index (χ4n) is 3.51. The molecule has 0 saturated carbocycles. The smallest absolute Gasteiger partial charge is 0.330 e. The van der Waals surface area contributed by atoms with Crippen LogP contribution in [0.1, 0.15) is 24.0 Å². The van der Waals surface area contributed by atoms with E-state index in [0.29, 0.717) is 19.8 Å². The van der Waals surface area contributed by atoms with Crippen LogP contribution >= 0.6 is 0 Å². The predicted molar refractivity (Wildman–Crippen MR) is 105 cm³/mol. The molecule has 5 heteroatoms. The summed E-state index contributed by atoms with van der Waals surface area (Å²) >= 11 is 0. The fourth-order valence-corrected chi connectivity index (χ4v) is 3.51. The van der Waals surface area contributed by atoms with E-state index in [1.165, 1.54) is 11.1 Å². The first kappa shape index (κ1) is 19.2. The van der Waals surface area contributed by atoms with E-state index < -0.39 is 5.97 Å². The topological polar surface area (TPSA) is 54.0 Å². The number of esters is 1. The molecular formula is C22H26O5. The van der Waals surface area contributed by atoms with Gasteiger partial charge < -0.3 is 18.9 Å². The lowest BCUT2D eigenvalue weighted by Gasteiger charge is -2.25. The Hall–Kier alpha value is -2.53. The minimum atomic E-state index is -0.438. The first-order valence-corrected chi connectivity index (χ1v) is 9.36. The van der Waals surface area contributed by atoms with E-state index in [1.807, 2.05) is 12.1 Å². The minimum absolute atomic E-state index is 0.194. The van der Waals surface area contributed by atoms with Crippen molar-refractivity contribution in [2.75, 3.05) is 33.5 Å². The molecule has 144 valence electrons. The molecule has 0 N–H and O–H groups in total. The van der Waals surface area contributed by atoms with E-state index in [0.717, 1.165) is 54.0 Å². The van der Waals surface area contributed by atoms with Crippen LogP contribution in [0.4, 0.5) is 0 Å². The minimum Gasteiger partial charge on any atom is -0.490 e. The van der Waals surface area contributed by atoms with E-state index in [-0.39, 0.29) is 6.61 Å². The Balaban J connectivity index is 1.94. The second-order valence-corrected chi connectivity index (χ2v) is 6.43. The number of methoxy groups -OCH3 is 1. The third-order valence-electron chi connectivity index (χ3n) is 4.71. The standard InChI is InChI=1S/C22H26O5/c1-3-20(23)25-14-15-27-22-18-10-6-4-8-16(18)21(26-13-12-24-2)17-9-5-7-11-19(17)22/h3-4,6,8,10H,1,5,7,9,11-15H2,2H3. The predicted octanol–water partition coefficient (Wildman–Crippen LogP) is 3.85. The average molecular weight is 370 g/mol. The van der Waals surface area contributed by atoms with Gasteiger partial charge in [0, 0.05) is 35.1 Å². The number of hydrogen-bond donors (Lipinski definition) is 0. The number of fused-ring (bicyclic) bond motifs is 2. The Morgan fingerprint density at radius 2 is 1.52 bits per heavy atom. The summed E-state index contributed by atoms with van der Waals surface area (Å²) in [5.74, 6) is 1.39. The highest BCUT2D eigenvalue weighted by atomic mass is 16.6. The van der Waals surface area contributed by atoms with Crippen molar-refractivity contribution >= 4 is 16.7 Å². The normalized spacial score (nSPS) is 13.1. The summed E-state index contributed by atoms with van der Waals surface area (Å²) in [4.78, 5) is 11.2. The van der Waals surface area contributed by atoms with Gasteiger partial charge in [-0.1, -0.05) is 30.8 Å². The molecule has 0 fully saturated rings. The maximum absolute atomic E-state index is 11.2. The number of ether oxygens (including phenoxy) is 4. The molecule has 0 unspecified atom stereocenters. The lowest BCUT2D eigenvalue weighted by atomic mass is 9.87. The Labute approximate surface area is 159 Å². The molecule has 0 aromatic heterocycles. The summed E-state index contributed by atoms with van der Waals surface area (Å²) in [5, 5.41) is 2.08. The molecule has 0 saturated heterocycles. The summed E-state index contributed by atoms with van der Waals surface area (Å²) in [5.41, 5.74) is 2.44. The molecule has 2 aromatic rings. The maximum atomic E-state index is 11.2. The number of carbonyl (C=O) groups is 1. The molecule has 0 heterocycles. The average Bonchev–Trinajstić information content (AvgIpc) is 2.72. The van der Waals surface area contributed by atoms with Gasteiger partial charge in [-0.3, -0.25) is 0 Å². The lowest BCUT2D eigenvalue weighted by molar-refractivity contribution is -0.138. The Bertz CT molecular complexity index is 812. The molecule has 0 spiro atoms. The van der Waals surface area contributed by atoms with Crippen LogP contribution < -0.4 is 9.47 Å². The van der Waals surface area contributed by atoms with Crippen molar-refractivity contribution in [3.05, 3.63) is 48.0 Å².